The number of anilines is 1. The van der Waals surface area contributed by atoms with E-state index in [4.69, 9.17) is 4.52 Å². The molecule has 0 atom stereocenters. The summed E-state index contributed by atoms with van der Waals surface area (Å²) >= 11 is 0. The van der Waals surface area contributed by atoms with Gasteiger partial charge in [-0.05, 0) is 18.9 Å². The number of nitro groups is 1. The largest absolute Gasteiger partial charge is 0.343 e. The monoisotopic (exact) mass is 415 g/mol. The van der Waals surface area contributed by atoms with Crippen LogP contribution < -0.4 is 10.6 Å². The van der Waals surface area contributed by atoms with Crippen LogP contribution in [0.2, 0.25) is 0 Å². The quantitative estimate of drug-likeness (QED) is 0.402. The van der Waals surface area contributed by atoms with E-state index >= 15 is 0 Å². The van der Waals surface area contributed by atoms with Crippen LogP contribution in [0.25, 0.3) is 0 Å². The second-order valence-corrected chi connectivity index (χ2v) is 7.54. The molecule has 30 heavy (non-hydrogen) atoms. The number of nitro benzene ring substituents is 1. The summed E-state index contributed by atoms with van der Waals surface area (Å²) in [5.41, 5.74) is -0.375. The van der Waals surface area contributed by atoms with E-state index < -0.39 is 10.5 Å². The van der Waals surface area contributed by atoms with E-state index in [9.17, 15) is 19.7 Å². The molecule has 2 aromatic rings. The molecule has 1 saturated carbocycles. The molecule has 10 heteroatoms. The molecule has 3 rings (SSSR count). The first-order valence-corrected chi connectivity index (χ1v) is 10.0. The Bertz CT molecular complexity index is 918. The van der Waals surface area contributed by atoms with Gasteiger partial charge in [0.25, 0.3) is 5.69 Å². The highest BCUT2D eigenvalue weighted by Crippen LogP contribution is 2.34. The molecule has 1 aromatic heterocycles. The van der Waals surface area contributed by atoms with E-state index in [1.807, 2.05) is 0 Å². The molecule has 1 aliphatic carbocycles. The second kappa shape index (κ2) is 9.47. The van der Waals surface area contributed by atoms with Crippen LogP contribution in [-0.2, 0) is 21.5 Å². The number of aromatic nitrogens is 2. The Balaban J connectivity index is 1.63. The van der Waals surface area contributed by atoms with Gasteiger partial charge < -0.3 is 15.2 Å². The molecule has 1 fully saturated rings. The van der Waals surface area contributed by atoms with E-state index in [1.165, 1.54) is 25.1 Å². The minimum atomic E-state index is -0.630. The van der Waals surface area contributed by atoms with Crippen LogP contribution in [-0.4, -0.2) is 26.9 Å². The van der Waals surface area contributed by atoms with Gasteiger partial charge in [0.1, 0.15) is 5.54 Å². The van der Waals surface area contributed by atoms with Crippen molar-refractivity contribution in [3.8, 4) is 0 Å². The van der Waals surface area contributed by atoms with Crippen molar-refractivity contribution in [3.05, 3.63) is 46.1 Å². The van der Waals surface area contributed by atoms with Gasteiger partial charge in [-0.2, -0.15) is 4.98 Å². The molecule has 1 heterocycles. The van der Waals surface area contributed by atoms with Gasteiger partial charge in [0.2, 0.25) is 17.7 Å². The Labute approximate surface area is 173 Å². The summed E-state index contributed by atoms with van der Waals surface area (Å²) < 4.78 is 5.33. The van der Waals surface area contributed by atoms with Gasteiger partial charge >= 0.3 is 0 Å². The predicted molar refractivity (Wildman–Crippen MR) is 108 cm³/mol. The average Bonchev–Trinajstić information content (AvgIpc) is 3.06. The topological polar surface area (TPSA) is 140 Å². The van der Waals surface area contributed by atoms with Crippen molar-refractivity contribution in [1.29, 1.82) is 0 Å². The van der Waals surface area contributed by atoms with Gasteiger partial charge in [0, 0.05) is 37.6 Å². The highest BCUT2D eigenvalue weighted by Gasteiger charge is 2.38. The van der Waals surface area contributed by atoms with Gasteiger partial charge in [-0.15, -0.1) is 0 Å². The minimum absolute atomic E-state index is 0.0808. The van der Waals surface area contributed by atoms with Gasteiger partial charge in [0.15, 0.2) is 5.82 Å². The molecule has 1 aromatic carbocycles. The van der Waals surface area contributed by atoms with E-state index in [2.05, 4.69) is 20.8 Å². The Morgan fingerprint density at radius 1 is 1.23 bits per heavy atom. The van der Waals surface area contributed by atoms with Crippen molar-refractivity contribution in [2.24, 2.45) is 0 Å². The molecule has 0 bridgehead atoms. The Morgan fingerprint density at radius 2 is 1.97 bits per heavy atom. The van der Waals surface area contributed by atoms with Gasteiger partial charge in [0.05, 0.1) is 4.92 Å². The number of carbonyl (C=O) groups excluding carboxylic acids is 2. The standard InChI is InChI=1S/C20H25N5O5/c1-14(26)23-20(11-4-2-3-5-12-20)19-22-18(30-24-19)10-9-17(27)21-15-7-6-8-16(13-15)25(28)29/h6-8,13H,2-5,9-12H2,1H3,(H,21,27)(H,23,26). The summed E-state index contributed by atoms with van der Waals surface area (Å²) in [6, 6.07) is 5.74. The Morgan fingerprint density at radius 3 is 2.63 bits per heavy atom. The number of hydrogen-bond acceptors (Lipinski definition) is 7. The third-order valence-electron chi connectivity index (χ3n) is 5.18. The number of benzene rings is 1. The van der Waals surface area contributed by atoms with Gasteiger partial charge in [-0.1, -0.05) is 36.9 Å². The number of hydrogen-bond donors (Lipinski definition) is 2. The number of aryl methyl sites for hydroxylation is 1. The lowest BCUT2D eigenvalue weighted by molar-refractivity contribution is -0.384. The maximum atomic E-state index is 12.2. The number of carbonyl (C=O) groups is 2. The summed E-state index contributed by atoms with van der Waals surface area (Å²) in [4.78, 5) is 38.7. The highest BCUT2D eigenvalue weighted by molar-refractivity contribution is 5.91. The summed E-state index contributed by atoms with van der Waals surface area (Å²) in [7, 11) is 0. The fourth-order valence-electron chi connectivity index (χ4n) is 3.77. The molecule has 0 spiro atoms. The van der Waals surface area contributed by atoms with Crippen LogP contribution in [0, 0.1) is 10.1 Å². The van der Waals surface area contributed by atoms with Gasteiger partial charge in [-0.3, -0.25) is 19.7 Å². The fourth-order valence-corrected chi connectivity index (χ4v) is 3.77. The number of nitrogens with one attached hydrogen (secondary N) is 2. The molecule has 2 N–H and O–H groups in total. The lowest BCUT2D eigenvalue weighted by Gasteiger charge is -2.30. The maximum absolute atomic E-state index is 12.2. The molecular weight excluding hydrogens is 390 g/mol. The van der Waals surface area contributed by atoms with E-state index in [-0.39, 0.29) is 30.3 Å². The summed E-state index contributed by atoms with van der Waals surface area (Å²) in [6.07, 6.45) is 5.94. The van der Waals surface area contributed by atoms with Crippen LogP contribution in [0.3, 0.4) is 0 Å². The molecule has 10 nitrogen and oxygen atoms in total. The van der Waals surface area contributed by atoms with Crippen LogP contribution in [0.4, 0.5) is 11.4 Å². The first kappa shape index (κ1) is 21.4. The summed E-state index contributed by atoms with van der Waals surface area (Å²) in [5.74, 6) is 0.308. The zero-order valence-electron chi connectivity index (χ0n) is 16.8. The van der Waals surface area contributed by atoms with Crippen molar-refractivity contribution >= 4 is 23.2 Å². The van der Waals surface area contributed by atoms with E-state index in [1.54, 1.807) is 6.07 Å². The van der Waals surface area contributed by atoms with Crippen molar-refractivity contribution in [2.75, 3.05) is 5.32 Å². The number of amides is 2. The number of non-ortho nitro benzene ring substituents is 1. The van der Waals surface area contributed by atoms with Crippen molar-refractivity contribution in [2.45, 2.75) is 63.8 Å². The molecular formula is C20H25N5O5. The van der Waals surface area contributed by atoms with Crippen LogP contribution in [0.5, 0.6) is 0 Å². The Hall–Kier alpha value is -3.30. The van der Waals surface area contributed by atoms with Crippen molar-refractivity contribution < 1.29 is 19.0 Å². The fraction of sp³-hybridized carbons (Fsp3) is 0.500. The third kappa shape index (κ3) is 5.40. The highest BCUT2D eigenvalue weighted by atomic mass is 16.6. The molecule has 2 amide bonds. The SMILES string of the molecule is CC(=O)NC1(c2noc(CCC(=O)Nc3cccc([N+](=O)[O-])c3)n2)CCCCCC1. The lowest BCUT2D eigenvalue weighted by Crippen LogP contribution is -2.45. The molecule has 0 radical (unpaired) electrons. The van der Waals surface area contributed by atoms with E-state index in [0.717, 1.165) is 38.5 Å². The van der Waals surface area contributed by atoms with Crippen molar-refractivity contribution in [3.63, 3.8) is 0 Å². The maximum Gasteiger partial charge on any atom is 0.271 e. The zero-order chi connectivity index (χ0) is 21.6. The first-order chi connectivity index (χ1) is 14.4. The molecule has 1 aliphatic rings. The summed E-state index contributed by atoms with van der Waals surface area (Å²) in [6.45, 7) is 1.48. The minimum Gasteiger partial charge on any atom is -0.343 e. The predicted octanol–water partition coefficient (Wildman–Crippen LogP) is 3.23. The second-order valence-electron chi connectivity index (χ2n) is 7.54. The average molecular weight is 415 g/mol. The van der Waals surface area contributed by atoms with Crippen LogP contribution >= 0.6 is 0 Å². The third-order valence-corrected chi connectivity index (χ3v) is 5.18. The molecule has 0 aliphatic heterocycles. The lowest BCUT2D eigenvalue weighted by atomic mass is 9.89. The van der Waals surface area contributed by atoms with E-state index in [0.29, 0.717) is 17.4 Å². The summed E-state index contributed by atoms with van der Waals surface area (Å²) in [5, 5.41) is 20.6. The molecule has 0 saturated heterocycles. The van der Waals surface area contributed by atoms with Crippen LogP contribution in [0.15, 0.2) is 28.8 Å². The smallest absolute Gasteiger partial charge is 0.271 e. The van der Waals surface area contributed by atoms with Crippen molar-refractivity contribution in [1.82, 2.24) is 15.5 Å². The molecule has 160 valence electrons. The molecule has 0 unspecified atom stereocenters. The zero-order valence-corrected chi connectivity index (χ0v) is 16.8. The normalized spacial score (nSPS) is 15.8. The number of rotatable bonds is 7. The first-order valence-electron chi connectivity index (χ1n) is 10.0. The Kier molecular flexibility index (Phi) is 6.76. The number of nitrogens with zero attached hydrogens (tertiary/aromatic N) is 3. The van der Waals surface area contributed by atoms with Gasteiger partial charge in [-0.25, -0.2) is 0 Å². The van der Waals surface area contributed by atoms with Crippen LogP contribution in [0.1, 0.15) is 63.6 Å².